The Labute approximate surface area is 171 Å². The molecule has 10 heteroatoms. The first-order chi connectivity index (χ1) is 11.6. The van der Waals surface area contributed by atoms with Crippen LogP contribution in [0.25, 0.3) is 0 Å². The Morgan fingerprint density at radius 3 is 2.04 bits per heavy atom. The van der Waals surface area contributed by atoms with E-state index < -0.39 is 18.3 Å². The van der Waals surface area contributed by atoms with Gasteiger partial charge in [-0.1, -0.05) is 66.0 Å². The summed E-state index contributed by atoms with van der Waals surface area (Å²) in [5.41, 5.74) is 1.10. The van der Waals surface area contributed by atoms with Crippen molar-refractivity contribution in [1.82, 2.24) is 5.32 Å². The fraction of sp³-hybridized carbons (Fsp3) is 0.133. The van der Waals surface area contributed by atoms with Crippen LogP contribution < -0.4 is 15.8 Å². The number of hydrogen-bond acceptors (Lipinski definition) is 4. The van der Waals surface area contributed by atoms with E-state index in [9.17, 15) is 13.2 Å². The molecule has 2 aromatic carbocycles. The van der Waals surface area contributed by atoms with E-state index in [4.69, 9.17) is 5.14 Å². The summed E-state index contributed by atoms with van der Waals surface area (Å²) in [6, 6.07) is 14.6. The van der Waals surface area contributed by atoms with Crippen molar-refractivity contribution in [2.75, 3.05) is 5.32 Å². The largest absolute Gasteiger partial charge is 0.363 e. The van der Waals surface area contributed by atoms with Crippen LogP contribution in [0.15, 0.2) is 59.5 Å². The zero-order valence-corrected chi connectivity index (χ0v) is 18.2. The molecular formula is C15H14Br3N3O3S. The summed E-state index contributed by atoms with van der Waals surface area (Å²) in [6.07, 6.45) is -0.611. The highest BCUT2D eigenvalue weighted by Crippen LogP contribution is 2.37. The predicted molar refractivity (Wildman–Crippen MR) is 109 cm³/mol. The van der Waals surface area contributed by atoms with Crippen molar-refractivity contribution in [1.29, 1.82) is 0 Å². The highest BCUT2D eigenvalue weighted by atomic mass is 80.0. The van der Waals surface area contributed by atoms with Gasteiger partial charge in [0.15, 0.2) is 2.14 Å². The van der Waals surface area contributed by atoms with Crippen LogP contribution in [0.1, 0.15) is 10.4 Å². The Morgan fingerprint density at radius 1 is 1.00 bits per heavy atom. The van der Waals surface area contributed by atoms with Gasteiger partial charge in [0, 0.05) is 11.3 Å². The molecule has 0 fully saturated rings. The van der Waals surface area contributed by atoms with E-state index in [2.05, 4.69) is 58.4 Å². The molecule has 0 heterocycles. The van der Waals surface area contributed by atoms with Gasteiger partial charge in [-0.3, -0.25) is 4.79 Å². The van der Waals surface area contributed by atoms with Gasteiger partial charge in [-0.2, -0.15) is 0 Å². The number of carbonyl (C=O) groups excluding carboxylic acids is 1. The Hall–Kier alpha value is -0.940. The van der Waals surface area contributed by atoms with E-state index in [0.29, 0.717) is 11.3 Å². The van der Waals surface area contributed by atoms with Crippen LogP contribution >= 0.6 is 47.8 Å². The summed E-state index contributed by atoms with van der Waals surface area (Å²) in [5.74, 6) is -0.276. The molecule has 25 heavy (non-hydrogen) atoms. The average Bonchev–Trinajstić information content (AvgIpc) is 2.54. The maximum Gasteiger partial charge on any atom is 0.252 e. The molecule has 0 aliphatic carbocycles. The third kappa shape index (κ3) is 6.07. The number of nitrogens with two attached hydrogens (primary N) is 1. The van der Waals surface area contributed by atoms with Crippen molar-refractivity contribution in [3.05, 3.63) is 60.2 Å². The van der Waals surface area contributed by atoms with Gasteiger partial charge in [-0.25, -0.2) is 13.6 Å². The molecular weight excluding hydrogens is 542 g/mol. The molecule has 0 aliphatic rings. The van der Waals surface area contributed by atoms with E-state index in [1.807, 2.05) is 6.07 Å². The fourth-order valence-corrected chi connectivity index (χ4v) is 3.11. The normalized spacial score (nSPS) is 13.1. The average molecular weight is 556 g/mol. The monoisotopic (exact) mass is 553 g/mol. The Bertz CT molecular complexity index is 838. The third-order valence-corrected chi connectivity index (χ3v) is 5.44. The molecule has 0 aromatic heterocycles. The summed E-state index contributed by atoms with van der Waals surface area (Å²) in [6.45, 7) is 0. The third-order valence-electron chi connectivity index (χ3n) is 3.13. The van der Waals surface area contributed by atoms with E-state index in [1.54, 1.807) is 36.4 Å². The maximum absolute atomic E-state index is 12.4. The molecule has 0 saturated heterocycles. The SMILES string of the molecule is NS(=O)(=O)c1ccc(NC(NC(=O)c2ccccc2)C(Br)(Br)Br)cc1. The molecule has 134 valence electrons. The number of rotatable bonds is 5. The van der Waals surface area contributed by atoms with Gasteiger partial charge < -0.3 is 10.6 Å². The van der Waals surface area contributed by atoms with Gasteiger partial charge in [0.1, 0.15) is 6.17 Å². The number of halogens is 3. The second kappa shape index (κ2) is 8.17. The lowest BCUT2D eigenvalue weighted by molar-refractivity contribution is 0.0943. The minimum absolute atomic E-state index is 0.00529. The minimum atomic E-state index is -3.76. The van der Waals surface area contributed by atoms with E-state index >= 15 is 0 Å². The number of sulfonamides is 1. The summed E-state index contributed by atoms with van der Waals surface area (Å²) in [4.78, 5) is 12.4. The Kier molecular flexibility index (Phi) is 6.66. The van der Waals surface area contributed by atoms with Crippen LogP contribution in [0.2, 0.25) is 0 Å². The van der Waals surface area contributed by atoms with Crippen molar-refractivity contribution >= 4 is 69.4 Å². The first-order valence-corrected chi connectivity index (χ1v) is 10.8. The molecule has 1 unspecified atom stereocenters. The van der Waals surface area contributed by atoms with Gasteiger partial charge in [0.05, 0.1) is 4.90 Å². The van der Waals surface area contributed by atoms with Crippen LogP contribution in [0.5, 0.6) is 0 Å². The molecule has 0 bridgehead atoms. The van der Waals surface area contributed by atoms with Crippen molar-refractivity contribution in [3.8, 4) is 0 Å². The topological polar surface area (TPSA) is 101 Å². The van der Waals surface area contributed by atoms with E-state index in [-0.39, 0.29) is 10.8 Å². The van der Waals surface area contributed by atoms with Crippen molar-refractivity contribution in [2.45, 2.75) is 13.2 Å². The lowest BCUT2D eigenvalue weighted by Crippen LogP contribution is -2.48. The lowest BCUT2D eigenvalue weighted by atomic mass is 10.2. The summed E-state index contributed by atoms with van der Waals surface area (Å²) in [5, 5.41) is 11.0. The lowest BCUT2D eigenvalue weighted by Gasteiger charge is -2.28. The van der Waals surface area contributed by atoms with Gasteiger partial charge >= 0.3 is 0 Å². The van der Waals surface area contributed by atoms with Crippen molar-refractivity contribution in [3.63, 3.8) is 0 Å². The highest BCUT2D eigenvalue weighted by Gasteiger charge is 2.32. The molecule has 4 N–H and O–H groups in total. The number of anilines is 1. The number of benzene rings is 2. The molecule has 2 aromatic rings. The Morgan fingerprint density at radius 2 is 1.56 bits per heavy atom. The number of amides is 1. The predicted octanol–water partition coefficient (Wildman–Crippen LogP) is 3.34. The van der Waals surface area contributed by atoms with E-state index in [1.165, 1.54) is 12.1 Å². The van der Waals surface area contributed by atoms with Gasteiger partial charge in [0.2, 0.25) is 10.0 Å². The standard InChI is InChI=1S/C15H14Br3N3O3S/c16-15(17,18)14(21-13(22)10-4-2-1-3-5-10)20-11-6-8-12(9-7-11)25(19,23)24/h1-9,14,20H,(H,21,22)(H2,19,23,24). The highest BCUT2D eigenvalue weighted by molar-refractivity contribution is 9.39. The molecule has 0 aliphatic heterocycles. The zero-order chi connectivity index (χ0) is 18.7. The molecule has 0 spiro atoms. The molecule has 0 saturated carbocycles. The minimum Gasteiger partial charge on any atom is -0.363 e. The van der Waals surface area contributed by atoms with Gasteiger partial charge in [0.25, 0.3) is 5.91 Å². The molecule has 2 rings (SSSR count). The first-order valence-electron chi connectivity index (χ1n) is 6.89. The second-order valence-corrected chi connectivity index (χ2v) is 13.5. The fourth-order valence-electron chi connectivity index (χ4n) is 1.91. The van der Waals surface area contributed by atoms with Gasteiger partial charge in [-0.15, -0.1) is 0 Å². The number of alkyl halides is 3. The maximum atomic E-state index is 12.4. The molecule has 1 atom stereocenters. The summed E-state index contributed by atoms with van der Waals surface area (Å²) in [7, 11) is -3.76. The van der Waals surface area contributed by atoms with Gasteiger partial charge in [-0.05, 0) is 36.4 Å². The molecule has 1 amide bonds. The van der Waals surface area contributed by atoms with E-state index in [0.717, 1.165) is 0 Å². The molecule has 6 nitrogen and oxygen atoms in total. The Balaban J connectivity index is 2.17. The zero-order valence-electron chi connectivity index (χ0n) is 12.6. The molecule has 0 radical (unpaired) electrons. The number of primary sulfonamides is 1. The summed E-state index contributed by atoms with van der Waals surface area (Å²) < 4.78 is 21.8. The van der Waals surface area contributed by atoms with Crippen LogP contribution in [-0.2, 0) is 10.0 Å². The van der Waals surface area contributed by atoms with Crippen LogP contribution in [-0.4, -0.2) is 22.6 Å². The van der Waals surface area contributed by atoms with Crippen molar-refractivity contribution in [2.24, 2.45) is 5.14 Å². The number of hydrogen-bond donors (Lipinski definition) is 3. The van der Waals surface area contributed by atoms with Crippen molar-refractivity contribution < 1.29 is 13.2 Å². The number of nitrogens with one attached hydrogen (secondary N) is 2. The van der Waals surface area contributed by atoms with Crippen LogP contribution in [0.4, 0.5) is 5.69 Å². The number of carbonyl (C=O) groups is 1. The van der Waals surface area contributed by atoms with Crippen LogP contribution in [0.3, 0.4) is 0 Å². The first kappa shape index (κ1) is 20.4. The summed E-state index contributed by atoms with van der Waals surface area (Å²) >= 11 is 10.2. The smallest absolute Gasteiger partial charge is 0.252 e. The quantitative estimate of drug-likeness (QED) is 0.389. The van der Waals surface area contributed by atoms with Crippen LogP contribution in [0, 0.1) is 0 Å². The second-order valence-electron chi connectivity index (χ2n) is 5.03.